The summed E-state index contributed by atoms with van der Waals surface area (Å²) in [6.07, 6.45) is 0. The summed E-state index contributed by atoms with van der Waals surface area (Å²) in [7, 11) is 0. The number of aryl methyl sites for hydroxylation is 1. The third-order valence-corrected chi connectivity index (χ3v) is 5.88. The van der Waals surface area contributed by atoms with Crippen LogP contribution in [0, 0.1) is 6.92 Å². The van der Waals surface area contributed by atoms with Crippen LogP contribution in [0.1, 0.15) is 16.7 Å². The van der Waals surface area contributed by atoms with Crippen molar-refractivity contribution in [3.05, 3.63) is 105 Å². The number of ether oxygens (including phenoxy) is 1. The minimum absolute atomic E-state index is 0.523. The first-order chi connectivity index (χ1) is 14.1. The van der Waals surface area contributed by atoms with Crippen molar-refractivity contribution in [3.8, 4) is 5.75 Å². The summed E-state index contributed by atoms with van der Waals surface area (Å²) in [4.78, 5) is 0. The number of fused-ring (bicyclic) bond motifs is 1. The minimum Gasteiger partial charge on any atom is -0.489 e. The standard InChI is InChI=1S/C25H21BrClNO/c1-17-6-12-21(14-24(17)27)28-15-23-22-5-3-2-4-19(22)9-13-25(23)29-16-18-7-10-20(26)11-8-18/h2-14,28H,15-16H2,1H3. The van der Waals surface area contributed by atoms with Gasteiger partial charge >= 0.3 is 0 Å². The maximum atomic E-state index is 6.28. The predicted molar refractivity (Wildman–Crippen MR) is 126 cm³/mol. The highest BCUT2D eigenvalue weighted by Gasteiger charge is 2.10. The van der Waals surface area contributed by atoms with Crippen molar-refractivity contribution < 1.29 is 4.74 Å². The number of nitrogens with one attached hydrogen (secondary N) is 1. The molecular formula is C25H21BrClNO. The molecule has 4 aromatic carbocycles. The molecule has 29 heavy (non-hydrogen) atoms. The van der Waals surface area contributed by atoms with Crippen LogP contribution >= 0.6 is 27.5 Å². The van der Waals surface area contributed by atoms with Crippen LogP contribution in [0.3, 0.4) is 0 Å². The molecule has 0 fully saturated rings. The molecule has 4 aromatic rings. The van der Waals surface area contributed by atoms with Gasteiger partial charge in [-0.2, -0.15) is 0 Å². The van der Waals surface area contributed by atoms with E-state index in [1.807, 2.05) is 31.2 Å². The summed E-state index contributed by atoms with van der Waals surface area (Å²) in [6, 6.07) is 26.8. The Morgan fingerprint density at radius 3 is 2.52 bits per heavy atom. The molecule has 146 valence electrons. The number of hydrogen-bond acceptors (Lipinski definition) is 2. The van der Waals surface area contributed by atoms with Gasteiger partial charge < -0.3 is 10.1 Å². The van der Waals surface area contributed by atoms with Gasteiger partial charge in [0.2, 0.25) is 0 Å². The number of benzene rings is 4. The lowest BCUT2D eigenvalue weighted by Gasteiger charge is -2.16. The van der Waals surface area contributed by atoms with Crippen LogP contribution in [0.15, 0.2) is 83.3 Å². The average molecular weight is 467 g/mol. The molecule has 0 atom stereocenters. The lowest BCUT2D eigenvalue weighted by Crippen LogP contribution is -2.05. The zero-order valence-corrected chi connectivity index (χ0v) is 18.4. The molecule has 1 N–H and O–H groups in total. The first kappa shape index (κ1) is 19.8. The Labute approximate surface area is 184 Å². The summed E-state index contributed by atoms with van der Waals surface area (Å²) in [6.45, 7) is 3.18. The summed E-state index contributed by atoms with van der Waals surface area (Å²) in [5.74, 6) is 0.886. The summed E-state index contributed by atoms with van der Waals surface area (Å²) in [5, 5.41) is 6.64. The van der Waals surface area contributed by atoms with E-state index in [2.05, 4.69) is 75.8 Å². The van der Waals surface area contributed by atoms with Crippen molar-refractivity contribution in [2.45, 2.75) is 20.1 Å². The second-order valence-electron chi connectivity index (χ2n) is 7.00. The van der Waals surface area contributed by atoms with Crippen molar-refractivity contribution in [2.75, 3.05) is 5.32 Å². The molecule has 0 unspecified atom stereocenters. The van der Waals surface area contributed by atoms with Gasteiger partial charge in [-0.1, -0.05) is 76.1 Å². The van der Waals surface area contributed by atoms with Crippen molar-refractivity contribution in [2.24, 2.45) is 0 Å². The normalized spacial score (nSPS) is 10.9. The molecular weight excluding hydrogens is 446 g/mol. The fourth-order valence-electron chi connectivity index (χ4n) is 3.27. The molecule has 0 bridgehead atoms. The van der Waals surface area contributed by atoms with Crippen molar-refractivity contribution in [3.63, 3.8) is 0 Å². The lowest BCUT2D eigenvalue weighted by molar-refractivity contribution is 0.304. The Hall–Kier alpha value is -2.49. The predicted octanol–water partition coefficient (Wildman–Crippen LogP) is 7.76. The topological polar surface area (TPSA) is 21.3 Å². The molecule has 0 aliphatic rings. The smallest absolute Gasteiger partial charge is 0.125 e. The first-order valence-corrected chi connectivity index (χ1v) is 10.6. The first-order valence-electron chi connectivity index (χ1n) is 9.48. The molecule has 0 aliphatic carbocycles. The van der Waals surface area contributed by atoms with E-state index in [0.29, 0.717) is 13.2 Å². The minimum atomic E-state index is 0.523. The van der Waals surface area contributed by atoms with Gasteiger partial charge in [-0.15, -0.1) is 0 Å². The zero-order valence-electron chi connectivity index (χ0n) is 16.1. The number of halogens is 2. The van der Waals surface area contributed by atoms with E-state index >= 15 is 0 Å². The molecule has 0 amide bonds. The van der Waals surface area contributed by atoms with E-state index < -0.39 is 0 Å². The Morgan fingerprint density at radius 1 is 0.931 bits per heavy atom. The van der Waals surface area contributed by atoms with E-state index in [9.17, 15) is 0 Å². The van der Waals surface area contributed by atoms with E-state index in [1.165, 1.54) is 10.8 Å². The van der Waals surface area contributed by atoms with Crippen LogP contribution in [0.5, 0.6) is 5.75 Å². The lowest BCUT2D eigenvalue weighted by atomic mass is 10.0. The largest absolute Gasteiger partial charge is 0.489 e. The van der Waals surface area contributed by atoms with Gasteiger partial charge in [0.05, 0.1) is 0 Å². The van der Waals surface area contributed by atoms with Crippen LogP contribution in [0.25, 0.3) is 10.8 Å². The summed E-state index contributed by atoms with van der Waals surface area (Å²) < 4.78 is 7.28. The molecule has 0 saturated carbocycles. The molecule has 4 heteroatoms. The van der Waals surface area contributed by atoms with Gasteiger partial charge in [0.15, 0.2) is 0 Å². The molecule has 0 spiro atoms. The van der Waals surface area contributed by atoms with Crippen LogP contribution in [0.4, 0.5) is 5.69 Å². The van der Waals surface area contributed by atoms with Crippen LogP contribution in [-0.2, 0) is 13.2 Å². The number of rotatable bonds is 6. The average Bonchev–Trinajstić information content (AvgIpc) is 2.74. The Bertz CT molecular complexity index is 1140. The monoisotopic (exact) mass is 465 g/mol. The molecule has 0 aliphatic heterocycles. The number of anilines is 1. The van der Waals surface area contributed by atoms with Gasteiger partial charge in [-0.05, 0) is 59.2 Å². The van der Waals surface area contributed by atoms with Crippen LogP contribution in [-0.4, -0.2) is 0 Å². The van der Waals surface area contributed by atoms with E-state index in [1.54, 1.807) is 0 Å². The second kappa shape index (κ2) is 8.89. The Balaban J connectivity index is 1.61. The highest BCUT2D eigenvalue weighted by Crippen LogP contribution is 2.30. The van der Waals surface area contributed by atoms with E-state index in [-0.39, 0.29) is 0 Å². The zero-order chi connectivity index (χ0) is 20.2. The Morgan fingerprint density at radius 2 is 1.72 bits per heavy atom. The highest BCUT2D eigenvalue weighted by molar-refractivity contribution is 9.10. The second-order valence-corrected chi connectivity index (χ2v) is 8.32. The SMILES string of the molecule is Cc1ccc(NCc2c(OCc3ccc(Br)cc3)ccc3ccccc23)cc1Cl. The molecule has 0 radical (unpaired) electrons. The summed E-state index contributed by atoms with van der Waals surface area (Å²) in [5.41, 5.74) is 4.33. The van der Waals surface area contributed by atoms with E-state index in [4.69, 9.17) is 16.3 Å². The molecule has 0 heterocycles. The highest BCUT2D eigenvalue weighted by atomic mass is 79.9. The molecule has 0 saturated heterocycles. The fourth-order valence-corrected chi connectivity index (χ4v) is 3.71. The Kier molecular flexibility index (Phi) is 6.08. The van der Waals surface area contributed by atoms with Gasteiger partial charge in [0.1, 0.15) is 12.4 Å². The maximum Gasteiger partial charge on any atom is 0.125 e. The fraction of sp³-hybridized carbons (Fsp3) is 0.120. The molecule has 2 nitrogen and oxygen atoms in total. The third-order valence-electron chi connectivity index (χ3n) is 4.95. The van der Waals surface area contributed by atoms with Crippen molar-refractivity contribution in [1.29, 1.82) is 0 Å². The van der Waals surface area contributed by atoms with Crippen molar-refractivity contribution in [1.82, 2.24) is 0 Å². The summed E-state index contributed by atoms with van der Waals surface area (Å²) >= 11 is 9.76. The van der Waals surface area contributed by atoms with E-state index in [0.717, 1.165) is 37.6 Å². The third kappa shape index (κ3) is 4.75. The molecule has 0 aromatic heterocycles. The van der Waals surface area contributed by atoms with Gasteiger partial charge in [-0.3, -0.25) is 0 Å². The van der Waals surface area contributed by atoms with Gasteiger partial charge in [-0.25, -0.2) is 0 Å². The number of hydrogen-bond donors (Lipinski definition) is 1. The quantitative estimate of drug-likeness (QED) is 0.313. The van der Waals surface area contributed by atoms with Crippen LogP contribution < -0.4 is 10.1 Å². The molecule has 4 rings (SSSR count). The maximum absolute atomic E-state index is 6.28. The van der Waals surface area contributed by atoms with Gasteiger partial charge in [0.25, 0.3) is 0 Å². The van der Waals surface area contributed by atoms with Gasteiger partial charge in [0, 0.05) is 27.3 Å². The van der Waals surface area contributed by atoms with Crippen molar-refractivity contribution >= 4 is 44.0 Å². The van der Waals surface area contributed by atoms with Crippen LogP contribution in [0.2, 0.25) is 5.02 Å².